The zero-order valence-corrected chi connectivity index (χ0v) is 24.7. The average molecular weight is 702 g/mol. The van der Waals surface area contributed by atoms with Gasteiger partial charge in [-0.1, -0.05) is 0 Å². The molecule has 1 saturated carbocycles. The van der Waals surface area contributed by atoms with E-state index in [1.165, 1.54) is 24.2 Å². The first-order chi connectivity index (χ1) is 20.0. The number of aldehydes is 1. The molecule has 0 bridgehead atoms. The summed E-state index contributed by atoms with van der Waals surface area (Å²) in [5.74, 6) is -0.542. The molecular weight excluding hydrogens is 672 g/mol. The molecule has 2 amide bonds. The molecule has 2 aromatic carbocycles. The fourth-order valence-corrected chi connectivity index (χ4v) is 5.51. The molecule has 226 valence electrons. The molecule has 3 N–H and O–H groups in total. The van der Waals surface area contributed by atoms with E-state index in [1.807, 2.05) is 22.6 Å². The molecule has 0 aliphatic heterocycles. The lowest BCUT2D eigenvalue weighted by atomic mass is 9.87. The predicted octanol–water partition coefficient (Wildman–Crippen LogP) is 3.60. The molecule has 0 unspecified atom stereocenters. The highest BCUT2D eigenvalue weighted by molar-refractivity contribution is 14.1. The van der Waals surface area contributed by atoms with Crippen LogP contribution in [0.1, 0.15) is 45.5 Å². The van der Waals surface area contributed by atoms with Crippen LogP contribution in [0.3, 0.4) is 0 Å². The van der Waals surface area contributed by atoms with Crippen molar-refractivity contribution in [1.29, 1.82) is 0 Å². The maximum Gasteiger partial charge on any atom is 0.416 e. The second-order valence-corrected chi connectivity index (χ2v) is 11.3. The number of aliphatic hydroxyl groups excluding tert-OH is 2. The highest BCUT2D eigenvalue weighted by Gasteiger charge is 2.43. The number of alkyl halides is 3. The van der Waals surface area contributed by atoms with E-state index in [9.17, 15) is 37.8 Å². The topological polar surface area (TPSA) is 125 Å². The fraction of sp³-hybridized carbons (Fsp3) is 0.414. The minimum absolute atomic E-state index is 0.00910. The first-order valence-corrected chi connectivity index (χ1v) is 14.3. The number of rotatable bonds is 11. The van der Waals surface area contributed by atoms with Crippen molar-refractivity contribution < 1.29 is 47.2 Å². The van der Waals surface area contributed by atoms with E-state index in [1.54, 1.807) is 6.07 Å². The summed E-state index contributed by atoms with van der Waals surface area (Å²) < 4.78 is 51.5. The molecule has 2 aromatic rings. The van der Waals surface area contributed by atoms with Gasteiger partial charge in [0, 0.05) is 36.2 Å². The third kappa shape index (κ3) is 7.42. The van der Waals surface area contributed by atoms with E-state index < -0.39 is 41.8 Å². The standard InChI is InChI=1S/C29H30F3IN2O7/c1-41-24-11-17(15-37)10-21(33)26(24)42-23-13-19(27(39)34-8-9-36)12-22(25(23)38)35(14-16-2-3-16)28(40)18-4-6-20(7-5-18)29(30,31)32/h4-7,10-11,13,15-16,22-23,25,36,38H,2-3,8-9,12,14H2,1H3,(H,34,39)/t22-,23+,25+/m1/s1. The summed E-state index contributed by atoms with van der Waals surface area (Å²) in [6.07, 6.45) is -3.34. The molecule has 13 heteroatoms. The van der Waals surface area contributed by atoms with Crippen molar-refractivity contribution in [3.8, 4) is 11.5 Å². The molecular formula is C29H30F3IN2O7. The molecule has 1 fully saturated rings. The summed E-state index contributed by atoms with van der Waals surface area (Å²) in [5.41, 5.74) is -0.352. The van der Waals surface area contributed by atoms with E-state index in [4.69, 9.17) is 9.47 Å². The molecule has 0 aromatic heterocycles. The Morgan fingerprint density at radius 3 is 2.45 bits per heavy atom. The molecule has 0 heterocycles. The number of carbonyl (C=O) groups is 3. The van der Waals surface area contributed by atoms with Crippen molar-refractivity contribution in [2.24, 2.45) is 5.92 Å². The molecule has 3 atom stereocenters. The van der Waals surface area contributed by atoms with Crippen LogP contribution in [-0.2, 0) is 11.0 Å². The number of halogens is 4. The van der Waals surface area contributed by atoms with E-state index in [0.29, 0.717) is 15.4 Å². The number of carbonyl (C=O) groups excluding carboxylic acids is 3. The SMILES string of the molecule is COc1cc(C=O)cc(I)c1O[C@H]1C=C(C(=O)NCCO)C[C@@H](N(CC2CC2)C(=O)c2ccc(C(F)(F)F)cc2)[C@@H]1O. The Balaban J connectivity index is 1.71. The summed E-state index contributed by atoms with van der Waals surface area (Å²) in [7, 11) is 1.39. The van der Waals surface area contributed by atoms with Gasteiger partial charge >= 0.3 is 6.18 Å². The van der Waals surface area contributed by atoms with Crippen LogP contribution in [0.5, 0.6) is 11.5 Å². The van der Waals surface area contributed by atoms with Gasteiger partial charge in [0.15, 0.2) is 11.5 Å². The lowest BCUT2D eigenvalue weighted by molar-refractivity contribution is -0.137. The third-order valence-electron chi connectivity index (χ3n) is 7.13. The van der Waals surface area contributed by atoms with Crippen molar-refractivity contribution in [2.75, 3.05) is 26.8 Å². The summed E-state index contributed by atoms with van der Waals surface area (Å²) in [4.78, 5) is 39.5. The largest absolute Gasteiger partial charge is 0.493 e. The lowest BCUT2D eigenvalue weighted by Crippen LogP contribution is -2.55. The number of nitrogens with zero attached hydrogens (tertiary/aromatic N) is 1. The van der Waals surface area contributed by atoms with E-state index in [0.717, 1.165) is 37.1 Å². The maximum atomic E-state index is 13.7. The molecule has 2 aliphatic carbocycles. The van der Waals surface area contributed by atoms with E-state index >= 15 is 0 Å². The predicted molar refractivity (Wildman–Crippen MR) is 153 cm³/mol. The van der Waals surface area contributed by atoms with Crippen LogP contribution >= 0.6 is 22.6 Å². The summed E-state index contributed by atoms with van der Waals surface area (Å²) >= 11 is 1.95. The minimum Gasteiger partial charge on any atom is -0.493 e. The fourth-order valence-electron chi connectivity index (χ4n) is 4.75. The molecule has 4 rings (SSSR count). The van der Waals surface area contributed by atoms with Gasteiger partial charge in [0.1, 0.15) is 18.5 Å². The van der Waals surface area contributed by atoms with Crippen molar-refractivity contribution in [3.05, 3.63) is 68.3 Å². The summed E-state index contributed by atoms with van der Waals surface area (Å²) in [6.45, 7) is -0.0948. The average Bonchev–Trinajstić information content (AvgIpc) is 3.80. The Morgan fingerprint density at radius 1 is 1.19 bits per heavy atom. The van der Waals surface area contributed by atoms with Crippen LogP contribution in [0.25, 0.3) is 0 Å². The maximum absolute atomic E-state index is 13.7. The normalized spacial score (nSPS) is 20.4. The Morgan fingerprint density at radius 2 is 1.88 bits per heavy atom. The lowest BCUT2D eigenvalue weighted by Gasteiger charge is -2.41. The Hall–Kier alpha value is -3.17. The zero-order chi connectivity index (χ0) is 30.6. The second kappa shape index (κ2) is 13.4. The van der Waals surface area contributed by atoms with Gasteiger partial charge in [-0.2, -0.15) is 13.2 Å². The number of benzene rings is 2. The zero-order valence-electron chi connectivity index (χ0n) is 22.6. The van der Waals surface area contributed by atoms with Gasteiger partial charge < -0.3 is 29.9 Å². The van der Waals surface area contributed by atoms with Crippen LogP contribution < -0.4 is 14.8 Å². The number of hydrogen-bond donors (Lipinski definition) is 3. The summed E-state index contributed by atoms with van der Waals surface area (Å²) in [5, 5.41) is 23.3. The third-order valence-corrected chi connectivity index (χ3v) is 7.93. The van der Waals surface area contributed by atoms with Crippen molar-refractivity contribution >= 4 is 40.7 Å². The van der Waals surface area contributed by atoms with Gasteiger partial charge in [0.05, 0.1) is 28.9 Å². The number of methoxy groups -OCH3 is 1. The van der Waals surface area contributed by atoms with Gasteiger partial charge in [-0.05, 0) is 83.8 Å². The number of aliphatic hydroxyl groups is 2. The van der Waals surface area contributed by atoms with Gasteiger partial charge in [0.2, 0.25) is 5.91 Å². The van der Waals surface area contributed by atoms with E-state index in [-0.39, 0.29) is 54.7 Å². The van der Waals surface area contributed by atoms with Gasteiger partial charge in [-0.3, -0.25) is 14.4 Å². The summed E-state index contributed by atoms with van der Waals surface area (Å²) in [6, 6.07) is 5.91. The number of ether oxygens (including phenoxy) is 2. The molecule has 42 heavy (non-hydrogen) atoms. The highest BCUT2D eigenvalue weighted by atomic mass is 127. The Bertz CT molecular complexity index is 1350. The first-order valence-electron chi connectivity index (χ1n) is 13.2. The molecule has 9 nitrogen and oxygen atoms in total. The highest BCUT2D eigenvalue weighted by Crippen LogP contribution is 2.38. The Labute approximate surface area is 253 Å². The van der Waals surface area contributed by atoms with E-state index in [2.05, 4.69) is 5.32 Å². The number of amides is 2. The van der Waals surface area contributed by atoms with Gasteiger partial charge in [0.25, 0.3) is 5.91 Å². The van der Waals surface area contributed by atoms with Crippen molar-refractivity contribution in [3.63, 3.8) is 0 Å². The van der Waals surface area contributed by atoms with Crippen LogP contribution in [0.15, 0.2) is 48.0 Å². The van der Waals surface area contributed by atoms with Crippen LogP contribution in [0, 0.1) is 9.49 Å². The number of hydrogen-bond acceptors (Lipinski definition) is 7. The van der Waals surface area contributed by atoms with Crippen LogP contribution in [-0.4, -0.2) is 78.3 Å². The second-order valence-electron chi connectivity index (χ2n) is 10.1. The van der Waals surface area contributed by atoms with Gasteiger partial charge in [-0.25, -0.2) is 0 Å². The van der Waals surface area contributed by atoms with Crippen LogP contribution in [0.4, 0.5) is 13.2 Å². The smallest absolute Gasteiger partial charge is 0.416 e. The van der Waals surface area contributed by atoms with Crippen LogP contribution in [0.2, 0.25) is 0 Å². The molecule has 0 saturated heterocycles. The molecule has 0 spiro atoms. The van der Waals surface area contributed by atoms with Crippen molar-refractivity contribution in [1.82, 2.24) is 10.2 Å². The minimum atomic E-state index is -4.57. The first kappa shape index (κ1) is 31.8. The molecule has 0 radical (unpaired) electrons. The molecule has 2 aliphatic rings. The van der Waals surface area contributed by atoms with Gasteiger partial charge in [-0.15, -0.1) is 0 Å². The number of nitrogens with one attached hydrogen (secondary N) is 1. The monoisotopic (exact) mass is 702 g/mol. The van der Waals surface area contributed by atoms with Crippen molar-refractivity contribution in [2.45, 2.75) is 43.7 Å². The quantitative estimate of drug-likeness (QED) is 0.242. The Kier molecular flexibility index (Phi) is 10.1.